The lowest BCUT2D eigenvalue weighted by Gasteiger charge is -2.23. The van der Waals surface area contributed by atoms with Gasteiger partial charge in [-0.2, -0.15) is 0 Å². The zero-order chi connectivity index (χ0) is 20.3. The summed E-state index contributed by atoms with van der Waals surface area (Å²) in [4.78, 5) is 30.0. The lowest BCUT2D eigenvalue weighted by atomic mass is 10.1. The normalized spacial score (nSPS) is 13.5. The molecule has 0 unspecified atom stereocenters. The van der Waals surface area contributed by atoms with Crippen molar-refractivity contribution < 1.29 is 23.5 Å². The molecule has 0 N–H and O–H groups in total. The third kappa shape index (κ3) is 3.57. The van der Waals surface area contributed by atoms with Crippen molar-refractivity contribution in [2.75, 3.05) is 19.1 Å². The van der Waals surface area contributed by atoms with Crippen LogP contribution < -0.4 is 4.90 Å². The van der Waals surface area contributed by atoms with Crippen molar-refractivity contribution in [2.45, 2.75) is 6.92 Å². The van der Waals surface area contributed by atoms with E-state index < -0.39 is 17.8 Å². The van der Waals surface area contributed by atoms with Crippen LogP contribution in [0.4, 0.5) is 10.1 Å². The van der Waals surface area contributed by atoms with Gasteiger partial charge in [-0.3, -0.25) is 0 Å². The zero-order valence-corrected chi connectivity index (χ0v) is 15.5. The maximum absolute atomic E-state index is 14.8. The third-order valence-electron chi connectivity index (χ3n) is 4.09. The number of benzene rings is 1. The Labute approximate surface area is 161 Å². The average molecular weight is 383 g/mol. The standard InChI is InChI=1S/C20H18FN3O4/c1-13-11-23(12-22-13)17-8-7-14(10-16(17)21)24-9-5-4-6-15(19(25)27-2)18(24)20(26)28-3/h4-12H,1-3H3. The summed E-state index contributed by atoms with van der Waals surface area (Å²) in [5, 5.41) is 0. The molecule has 0 saturated carbocycles. The number of carbonyl (C=O) groups is 2. The number of halogens is 1. The van der Waals surface area contributed by atoms with Gasteiger partial charge in [-0.05, 0) is 31.2 Å². The SMILES string of the molecule is COC(=O)C1=C(C(=O)OC)N(c2ccc(-n3cnc(C)c3)c(F)c2)C=CC=C1. The minimum absolute atomic E-state index is 0.00549. The molecule has 2 heterocycles. The molecule has 7 nitrogen and oxygen atoms in total. The van der Waals surface area contributed by atoms with E-state index in [1.165, 1.54) is 43.8 Å². The molecule has 1 aliphatic rings. The fourth-order valence-corrected chi connectivity index (χ4v) is 2.77. The number of ether oxygens (including phenoxy) is 2. The number of allylic oxidation sites excluding steroid dienone is 2. The lowest BCUT2D eigenvalue weighted by molar-refractivity contribution is -0.139. The first-order valence-corrected chi connectivity index (χ1v) is 8.31. The van der Waals surface area contributed by atoms with Crippen LogP contribution in [0.15, 0.2) is 66.4 Å². The van der Waals surface area contributed by atoms with E-state index >= 15 is 0 Å². The highest BCUT2D eigenvalue weighted by atomic mass is 19.1. The Kier molecular flexibility index (Phi) is 5.39. The third-order valence-corrected chi connectivity index (χ3v) is 4.09. The van der Waals surface area contributed by atoms with Crippen LogP contribution in [0.3, 0.4) is 0 Å². The first-order valence-electron chi connectivity index (χ1n) is 8.31. The first kappa shape index (κ1) is 19.1. The molecule has 144 valence electrons. The van der Waals surface area contributed by atoms with Gasteiger partial charge in [0.25, 0.3) is 0 Å². The fraction of sp³-hybridized carbons (Fsp3) is 0.150. The van der Waals surface area contributed by atoms with Crippen molar-refractivity contribution in [1.82, 2.24) is 9.55 Å². The van der Waals surface area contributed by atoms with Crippen LogP contribution >= 0.6 is 0 Å². The molecule has 0 bridgehead atoms. The molecule has 0 saturated heterocycles. The second-order valence-electron chi connectivity index (χ2n) is 5.87. The van der Waals surface area contributed by atoms with Gasteiger partial charge < -0.3 is 18.9 Å². The van der Waals surface area contributed by atoms with Gasteiger partial charge in [0.1, 0.15) is 11.5 Å². The summed E-state index contributed by atoms with van der Waals surface area (Å²) >= 11 is 0. The summed E-state index contributed by atoms with van der Waals surface area (Å²) < 4.78 is 25.9. The highest BCUT2D eigenvalue weighted by Crippen LogP contribution is 2.28. The predicted molar refractivity (Wildman–Crippen MR) is 100 cm³/mol. The zero-order valence-electron chi connectivity index (χ0n) is 15.5. The van der Waals surface area contributed by atoms with E-state index in [0.29, 0.717) is 11.4 Å². The van der Waals surface area contributed by atoms with E-state index in [4.69, 9.17) is 9.47 Å². The van der Waals surface area contributed by atoms with Crippen LogP contribution in [0.25, 0.3) is 5.69 Å². The number of hydrogen-bond donors (Lipinski definition) is 0. The van der Waals surface area contributed by atoms with Crippen molar-refractivity contribution in [1.29, 1.82) is 0 Å². The summed E-state index contributed by atoms with van der Waals surface area (Å²) in [6.07, 6.45) is 9.38. The largest absolute Gasteiger partial charge is 0.465 e. The number of aryl methyl sites for hydroxylation is 1. The van der Waals surface area contributed by atoms with E-state index in [9.17, 15) is 14.0 Å². The van der Waals surface area contributed by atoms with Crippen LogP contribution in [-0.2, 0) is 19.1 Å². The van der Waals surface area contributed by atoms with Crippen molar-refractivity contribution >= 4 is 17.6 Å². The topological polar surface area (TPSA) is 73.7 Å². The Balaban J connectivity index is 2.11. The summed E-state index contributed by atoms with van der Waals surface area (Å²) in [6, 6.07) is 4.45. The molecule has 0 aliphatic carbocycles. The van der Waals surface area contributed by atoms with Gasteiger partial charge in [-0.25, -0.2) is 19.0 Å². The second kappa shape index (κ2) is 7.91. The Morgan fingerprint density at radius 3 is 2.46 bits per heavy atom. The number of methoxy groups -OCH3 is 2. The summed E-state index contributed by atoms with van der Waals surface area (Å²) in [6.45, 7) is 1.81. The molecular weight excluding hydrogens is 365 g/mol. The fourth-order valence-electron chi connectivity index (χ4n) is 2.77. The quantitative estimate of drug-likeness (QED) is 0.756. The molecule has 2 aromatic rings. The molecule has 3 rings (SSSR count). The minimum Gasteiger partial charge on any atom is -0.465 e. The van der Waals surface area contributed by atoms with Crippen LogP contribution in [0.1, 0.15) is 5.69 Å². The summed E-state index contributed by atoms with van der Waals surface area (Å²) in [7, 11) is 2.41. The van der Waals surface area contributed by atoms with E-state index in [-0.39, 0.29) is 11.3 Å². The number of nitrogens with zero attached hydrogens (tertiary/aromatic N) is 3. The maximum atomic E-state index is 14.8. The minimum atomic E-state index is -0.758. The molecule has 0 radical (unpaired) electrons. The van der Waals surface area contributed by atoms with Gasteiger partial charge in [0, 0.05) is 24.2 Å². The number of rotatable bonds is 4. The second-order valence-corrected chi connectivity index (χ2v) is 5.87. The van der Waals surface area contributed by atoms with Gasteiger partial charge >= 0.3 is 11.9 Å². The number of anilines is 1. The Bertz CT molecular complexity index is 1020. The van der Waals surface area contributed by atoms with E-state index in [2.05, 4.69) is 4.98 Å². The number of carbonyl (C=O) groups excluding carboxylic acids is 2. The predicted octanol–water partition coefficient (Wildman–Crippen LogP) is 2.81. The summed E-state index contributed by atoms with van der Waals surface area (Å²) in [5.41, 5.74) is 1.31. The van der Waals surface area contributed by atoms with Crippen molar-refractivity contribution in [3.8, 4) is 5.69 Å². The van der Waals surface area contributed by atoms with E-state index in [1.54, 1.807) is 42.0 Å². The monoisotopic (exact) mass is 383 g/mol. The van der Waals surface area contributed by atoms with Crippen LogP contribution in [0.2, 0.25) is 0 Å². The number of hydrogen-bond acceptors (Lipinski definition) is 6. The van der Waals surface area contributed by atoms with Crippen LogP contribution in [0.5, 0.6) is 0 Å². The molecule has 0 fully saturated rings. The Morgan fingerprint density at radius 1 is 1.11 bits per heavy atom. The van der Waals surface area contributed by atoms with Crippen molar-refractivity contribution in [3.05, 3.63) is 77.9 Å². The number of aromatic nitrogens is 2. The molecule has 8 heteroatoms. The van der Waals surface area contributed by atoms with Gasteiger partial charge in [-0.1, -0.05) is 6.08 Å². The maximum Gasteiger partial charge on any atom is 0.355 e. The number of esters is 2. The van der Waals surface area contributed by atoms with Gasteiger partial charge in [0.2, 0.25) is 0 Å². The number of imidazole rings is 1. The van der Waals surface area contributed by atoms with Crippen LogP contribution in [0, 0.1) is 12.7 Å². The smallest absolute Gasteiger partial charge is 0.355 e. The summed E-state index contributed by atoms with van der Waals surface area (Å²) in [5.74, 6) is -1.99. The molecular formula is C20H18FN3O4. The van der Waals surface area contributed by atoms with Crippen molar-refractivity contribution in [2.24, 2.45) is 0 Å². The molecule has 0 atom stereocenters. The van der Waals surface area contributed by atoms with Crippen LogP contribution in [-0.4, -0.2) is 35.7 Å². The Morgan fingerprint density at radius 2 is 1.86 bits per heavy atom. The van der Waals surface area contributed by atoms with E-state index in [0.717, 1.165) is 5.69 Å². The molecule has 0 spiro atoms. The molecule has 1 aromatic heterocycles. The highest BCUT2D eigenvalue weighted by molar-refractivity contribution is 6.05. The van der Waals surface area contributed by atoms with Gasteiger partial charge in [0.15, 0.2) is 0 Å². The first-order chi connectivity index (χ1) is 13.5. The van der Waals surface area contributed by atoms with Gasteiger partial charge in [0.05, 0.1) is 37.5 Å². The molecule has 0 amide bonds. The van der Waals surface area contributed by atoms with E-state index in [1.807, 2.05) is 0 Å². The molecule has 1 aromatic carbocycles. The molecule has 1 aliphatic heterocycles. The molecule has 28 heavy (non-hydrogen) atoms. The highest BCUT2D eigenvalue weighted by Gasteiger charge is 2.27. The Hall–Kier alpha value is -3.68. The van der Waals surface area contributed by atoms with Gasteiger partial charge in [-0.15, -0.1) is 0 Å². The van der Waals surface area contributed by atoms with Crippen molar-refractivity contribution in [3.63, 3.8) is 0 Å². The lowest BCUT2D eigenvalue weighted by Crippen LogP contribution is -2.27. The average Bonchev–Trinajstić information content (AvgIpc) is 3.00.